The van der Waals surface area contributed by atoms with Crippen LogP contribution >= 0.6 is 12.4 Å². The van der Waals surface area contributed by atoms with E-state index in [0.717, 1.165) is 0 Å². The Bertz CT molecular complexity index is 383. The summed E-state index contributed by atoms with van der Waals surface area (Å²) >= 11 is 0. The number of ether oxygens (including phenoxy) is 1. The molecule has 5 nitrogen and oxygen atoms in total. The van der Waals surface area contributed by atoms with Gasteiger partial charge in [0.2, 0.25) is 0 Å². The predicted molar refractivity (Wildman–Crippen MR) is 61.3 cm³/mol. The fraction of sp³-hybridized carbons (Fsp3) is 0.889. The first-order valence-corrected chi connectivity index (χ1v) is 6.91. The highest BCUT2D eigenvalue weighted by atomic mass is 35.5. The van der Waals surface area contributed by atoms with Crippen LogP contribution in [0.25, 0.3) is 0 Å². The van der Waals surface area contributed by atoms with E-state index in [1.165, 1.54) is 0 Å². The molecule has 1 N–H and O–H groups in total. The number of sulfone groups is 1. The molecule has 0 aliphatic carbocycles. The average Bonchev–Trinajstić information content (AvgIpc) is 2.58. The summed E-state index contributed by atoms with van der Waals surface area (Å²) in [6.07, 6.45) is 0. The summed E-state index contributed by atoms with van der Waals surface area (Å²) in [4.78, 5) is 11.8. The van der Waals surface area contributed by atoms with Crippen LogP contribution in [0.4, 0.5) is 0 Å². The molecule has 0 saturated carbocycles. The Labute approximate surface area is 101 Å². The molecular weight excluding hydrogens is 254 g/mol. The molecule has 2 aliphatic rings. The van der Waals surface area contributed by atoms with Gasteiger partial charge in [-0.2, -0.15) is 0 Å². The van der Waals surface area contributed by atoms with Crippen LogP contribution in [-0.2, 0) is 19.4 Å². The molecule has 0 unspecified atom stereocenters. The predicted octanol–water partition coefficient (Wildman–Crippen LogP) is -0.394. The van der Waals surface area contributed by atoms with Gasteiger partial charge in [0.1, 0.15) is 0 Å². The first-order chi connectivity index (χ1) is 7.00. The molecule has 0 bridgehead atoms. The van der Waals surface area contributed by atoms with Crippen LogP contribution in [-0.4, -0.2) is 45.6 Å². The third-order valence-corrected chi connectivity index (χ3v) is 5.09. The van der Waals surface area contributed by atoms with Crippen LogP contribution in [0.2, 0.25) is 0 Å². The zero-order valence-electron chi connectivity index (χ0n) is 9.06. The van der Waals surface area contributed by atoms with Crippen molar-refractivity contribution in [3.63, 3.8) is 0 Å². The standard InChI is InChI=1S/C9H15NO4S.ClH/c1-2-14-8(11)9-5-10-3-7(9)4-15(12,13)6-9;/h7,10H,2-6H2,1H3;1H/t7-,9-;/m0./s1. The van der Waals surface area contributed by atoms with E-state index in [1.807, 2.05) is 0 Å². The van der Waals surface area contributed by atoms with E-state index in [-0.39, 0.29) is 35.8 Å². The maximum atomic E-state index is 11.8. The molecule has 0 aromatic rings. The fourth-order valence-electron chi connectivity index (χ4n) is 2.53. The second-order valence-corrected chi connectivity index (χ2v) is 6.37. The summed E-state index contributed by atoms with van der Waals surface area (Å²) in [6, 6.07) is 0. The monoisotopic (exact) mass is 269 g/mol. The molecule has 0 spiro atoms. The van der Waals surface area contributed by atoms with Crippen LogP contribution in [0.15, 0.2) is 0 Å². The Morgan fingerprint density at radius 3 is 2.88 bits per heavy atom. The number of rotatable bonds is 2. The lowest BCUT2D eigenvalue weighted by atomic mass is 9.81. The van der Waals surface area contributed by atoms with Crippen molar-refractivity contribution >= 4 is 28.2 Å². The van der Waals surface area contributed by atoms with Crippen molar-refractivity contribution in [1.82, 2.24) is 5.32 Å². The van der Waals surface area contributed by atoms with Gasteiger partial charge >= 0.3 is 5.97 Å². The SMILES string of the molecule is CCOC(=O)[C@]12CNC[C@H]1CS(=O)(=O)C2.Cl. The molecule has 0 radical (unpaired) electrons. The normalized spacial score (nSPS) is 35.2. The minimum Gasteiger partial charge on any atom is -0.465 e. The van der Waals surface area contributed by atoms with E-state index in [1.54, 1.807) is 6.92 Å². The number of fused-ring (bicyclic) bond motifs is 1. The third kappa shape index (κ3) is 2.06. The lowest BCUT2D eigenvalue weighted by molar-refractivity contribution is -0.154. The van der Waals surface area contributed by atoms with Gasteiger partial charge in [0.05, 0.1) is 23.5 Å². The molecule has 7 heteroatoms. The third-order valence-electron chi connectivity index (χ3n) is 3.23. The van der Waals surface area contributed by atoms with Gasteiger partial charge in [-0.15, -0.1) is 12.4 Å². The van der Waals surface area contributed by atoms with Crippen molar-refractivity contribution in [2.75, 3.05) is 31.2 Å². The molecule has 2 heterocycles. The molecule has 0 aromatic carbocycles. The smallest absolute Gasteiger partial charge is 0.314 e. The number of hydrogen-bond acceptors (Lipinski definition) is 5. The Hall–Kier alpha value is -0.330. The van der Waals surface area contributed by atoms with Crippen molar-refractivity contribution in [3.05, 3.63) is 0 Å². The van der Waals surface area contributed by atoms with Crippen molar-refractivity contribution in [2.45, 2.75) is 6.92 Å². The van der Waals surface area contributed by atoms with Crippen LogP contribution < -0.4 is 5.32 Å². The van der Waals surface area contributed by atoms with Crippen LogP contribution in [0, 0.1) is 11.3 Å². The number of esters is 1. The van der Waals surface area contributed by atoms with Crippen molar-refractivity contribution in [1.29, 1.82) is 0 Å². The first-order valence-electron chi connectivity index (χ1n) is 5.08. The molecule has 2 saturated heterocycles. The molecule has 2 aliphatic heterocycles. The second-order valence-electron chi connectivity index (χ2n) is 4.26. The maximum Gasteiger partial charge on any atom is 0.314 e. The number of hydrogen-bond donors (Lipinski definition) is 1. The molecule has 0 aromatic heterocycles. The molecule has 0 amide bonds. The van der Waals surface area contributed by atoms with E-state index in [9.17, 15) is 13.2 Å². The minimum absolute atomic E-state index is 0. The molecule has 94 valence electrons. The van der Waals surface area contributed by atoms with Crippen molar-refractivity contribution in [2.24, 2.45) is 11.3 Å². The fourth-order valence-corrected chi connectivity index (χ4v) is 4.94. The summed E-state index contributed by atoms with van der Waals surface area (Å²) in [5, 5.41) is 3.08. The maximum absolute atomic E-state index is 11.8. The van der Waals surface area contributed by atoms with Gasteiger partial charge in [-0.1, -0.05) is 0 Å². The Kier molecular flexibility index (Phi) is 3.87. The minimum atomic E-state index is -3.07. The average molecular weight is 270 g/mol. The molecule has 2 fully saturated rings. The van der Waals surface area contributed by atoms with Crippen LogP contribution in [0.5, 0.6) is 0 Å². The van der Waals surface area contributed by atoms with E-state index in [2.05, 4.69) is 5.32 Å². The largest absolute Gasteiger partial charge is 0.465 e. The number of carbonyl (C=O) groups is 1. The van der Waals surface area contributed by atoms with Gasteiger partial charge in [0.15, 0.2) is 9.84 Å². The molecule has 2 atom stereocenters. The summed E-state index contributed by atoms with van der Waals surface area (Å²) in [5.41, 5.74) is -0.811. The van der Waals surface area contributed by atoms with Crippen LogP contribution in [0.3, 0.4) is 0 Å². The Morgan fingerprint density at radius 2 is 2.25 bits per heavy atom. The van der Waals surface area contributed by atoms with Gasteiger partial charge in [0.25, 0.3) is 0 Å². The topological polar surface area (TPSA) is 72.5 Å². The van der Waals surface area contributed by atoms with Gasteiger partial charge in [-0.05, 0) is 6.92 Å². The first kappa shape index (κ1) is 13.7. The van der Waals surface area contributed by atoms with Crippen molar-refractivity contribution in [3.8, 4) is 0 Å². The summed E-state index contributed by atoms with van der Waals surface area (Å²) in [5.74, 6) is -0.419. The summed E-state index contributed by atoms with van der Waals surface area (Å²) in [7, 11) is -3.07. The van der Waals surface area contributed by atoms with E-state index < -0.39 is 15.3 Å². The zero-order chi connectivity index (χ0) is 11.1. The van der Waals surface area contributed by atoms with E-state index >= 15 is 0 Å². The van der Waals surface area contributed by atoms with E-state index in [0.29, 0.717) is 19.7 Å². The van der Waals surface area contributed by atoms with Gasteiger partial charge < -0.3 is 10.1 Å². The zero-order valence-corrected chi connectivity index (χ0v) is 10.7. The quantitative estimate of drug-likeness (QED) is 0.691. The highest BCUT2D eigenvalue weighted by molar-refractivity contribution is 7.91. The lowest BCUT2D eigenvalue weighted by Crippen LogP contribution is -2.40. The van der Waals surface area contributed by atoms with Gasteiger partial charge in [-0.3, -0.25) is 4.79 Å². The highest BCUT2D eigenvalue weighted by Gasteiger charge is 2.58. The van der Waals surface area contributed by atoms with Gasteiger partial charge in [0, 0.05) is 19.0 Å². The van der Waals surface area contributed by atoms with E-state index in [4.69, 9.17) is 4.74 Å². The summed E-state index contributed by atoms with van der Waals surface area (Å²) in [6.45, 7) is 3.05. The summed E-state index contributed by atoms with van der Waals surface area (Å²) < 4.78 is 28.0. The van der Waals surface area contributed by atoms with Crippen LogP contribution in [0.1, 0.15) is 6.92 Å². The van der Waals surface area contributed by atoms with Crippen molar-refractivity contribution < 1.29 is 17.9 Å². The van der Waals surface area contributed by atoms with Gasteiger partial charge in [-0.25, -0.2) is 8.42 Å². The Morgan fingerprint density at radius 1 is 1.56 bits per heavy atom. The molecule has 16 heavy (non-hydrogen) atoms. The number of halogens is 1. The molecular formula is C9H16ClNO4S. The molecule has 2 rings (SSSR count). The second kappa shape index (κ2) is 4.50. The highest BCUT2D eigenvalue weighted by Crippen LogP contribution is 2.41. The lowest BCUT2D eigenvalue weighted by Gasteiger charge is -2.23. The Balaban J connectivity index is 0.00000128. The number of carbonyl (C=O) groups excluding carboxylic acids is 1. The number of nitrogens with one attached hydrogen (secondary N) is 1.